The van der Waals surface area contributed by atoms with E-state index in [-0.39, 0.29) is 12.3 Å². The number of hydrogen-bond acceptors (Lipinski definition) is 3. The Morgan fingerprint density at radius 1 is 1.61 bits per heavy atom. The summed E-state index contributed by atoms with van der Waals surface area (Å²) in [5, 5.41) is 2.77. The van der Waals surface area contributed by atoms with Crippen molar-refractivity contribution in [1.29, 1.82) is 0 Å². The van der Waals surface area contributed by atoms with Crippen LogP contribution in [0.25, 0.3) is 0 Å². The van der Waals surface area contributed by atoms with Crippen LogP contribution in [0.4, 0.5) is 13.2 Å². The summed E-state index contributed by atoms with van der Waals surface area (Å²) in [5.41, 5.74) is 0.174. The van der Waals surface area contributed by atoms with Crippen molar-refractivity contribution in [2.75, 3.05) is 20.3 Å². The van der Waals surface area contributed by atoms with Gasteiger partial charge in [-0.2, -0.15) is 13.2 Å². The van der Waals surface area contributed by atoms with Crippen molar-refractivity contribution in [3.05, 3.63) is 24.0 Å². The van der Waals surface area contributed by atoms with Gasteiger partial charge in [0.15, 0.2) is 0 Å². The molecule has 0 radical (unpaired) electrons. The number of alkyl halides is 3. The highest BCUT2D eigenvalue weighted by Crippen LogP contribution is 2.24. The Morgan fingerprint density at radius 2 is 2.28 bits per heavy atom. The maximum atomic E-state index is 12.6. The Balaban J connectivity index is 2.98. The summed E-state index contributed by atoms with van der Waals surface area (Å²) < 4.78 is 42.5. The van der Waals surface area contributed by atoms with Crippen molar-refractivity contribution >= 4 is 5.91 Å². The van der Waals surface area contributed by atoms with E-state index in [1.165, 1.54) is 26.3 Å². The summed E-state index contributed by atoms with van der Waals surface area (Å²) >= 11 is 0. The van der Waals surface area contributed by atoms with E-state index in [0.29, 0.717) is 11.4 Å². The standard InChI is InChI=1S/C11H15F3N2O2/c1-8(7-18-2)16(10(17)11(12,13)14)9-4-3-5-15-6-9/h3-4,6,8,15H,5,7H2,1-2H3. The van der Waals surface area contributed by atoms with Crippen molar-refractivity contribution in [2.24, 2.45) is 0 Å². The zero-order chi connectivity index (χ0) is 13.8. The summed E-state index contributed by atoms with van der Waals surface area (Å²) in [6.07, 6.45) is -0.401. The fraction of sp³-hybridized carbons (Fsp3) is 0.545. The number of nitrogens with one attached hydrogen (secondary N) is 1. The Hall–Kier alpha value is -1.50. The number of methoxy groups -OCH3 is 1. The van der Waals surface area contributed by atoms with Crippen LogP contribution in [0.15, 0.2) is 24.0 Å². The van der Waals surface area contributed by atoms with E-state index < -0.39 is 18.1 Å². The van der Waals surface area contributed by atoms with Crippen molar-refractivity contribution in [2.45, 2.75) is 19.1 Å². The maximum absolute atomic E-state index is 12.6. The second-order valence-electron chi connectivity index (χ2n) is 3.86. The molecule has 1 aliphatic heterocycles. The highest BCUT2D eigenvalue weighted by Gasteiger charge is 2.44. The third kappa shape index (κ3) is 3.49. The lowest BCUT2D eigenvalue weighted by Crippen LogP contribution is -2.47. The van der Waals surface area contributed by atoms with Crippen LogP contribution < -0.4 is 5.32 Å². The molecule has 0 aromatic rings. The normalized spacial score (nSPS) is 16.8. The number of rotatable bonds is 4. The molecule has 0 fully saturated rings. The van der Waals surface area contributed by atoms with Crippen LogP contribution in [0.5, 0.6) is 0 Å². The van der Waals surface area contributed by atoms with Gasteiger partial charge in [0.25, 0.3) is 0 Å². The molecule has 0 aliphatic carbocycles. The molecule has 1 atom stereocenters. The molecular formula is C11H15F3N2O2. The summed E-state index contributed by atoms with van der Waals surface area (Å²) in [4.78, 5) is 12.1. The Morgan fingerprint density at radius 3 is 2.72 bits per heavy atom. The summed E-state index contributed by atoms with van der Waals surface area (Å²) in [6.45, 7) is 2.04. The topological polar surface area (TPSA) is 41.6 Å². The molecule has 0 bridgehead atoms. The molecule has 4 nitrogen and oxygen atoms in total. The average molecular weight is 264 g/mol. The van der Waals surface area contributed by atoms with Gasteiger partial charge in [0.05, 0.1) is 18.3 Å². The number of amides is 1. The molecule has 1 amide bonds. The second-order valence-corrected chi connectivity index (χ2v) is 3.86. The van der Waals surface area contributed by atoms with E-state index >= 15 is 0 Å². The van der Waals surface area contributed by atoms with E-state index in [1.54, 1.807) is 6.08 Å². The second kappa shape index (κ2) is 5.90. The monoisotopic (exact) mass is 264 g/mol. The smallest absolute Gasteiger partial charge is 0.386 e. The molecule has 7 heteroatoms. The molecule has 0 spiro atoms. The molecular weight excluding hydrogens is 249 g/mol. The highest BCUT2D eigenvalue weighted by atomic mass is 19.4. The third-order valence-electron chi connectivity index (χ3n) is 2.36. The number of allylic oxidation sites excluding steroid dienone is 1. The highest BCUT2D eigenvalue weighted by molar-refractivity contribution is 5.84. The Labute approximate surface area is 103 Å². The van der Waals surface area contributed by atoms with E-state index in [4.69, 9.17) is 4.74 Å². The molecule has 1 aliphatic rings. The van der Waals surface area contributed by atoms with Crippen molar-refractivity contribution in [3.8, 4) is 0 Å². The van der Waals surface area contributed by atoms with Crippen LogP contribution in [0, 0.1) is 0 Å². The lowest BCUT2D eigenvalue weighted by Gasteiger charge is -2.31. The summed E-state index contributed by atoms with van der Waals surface area (Å²) in [5.74, 6) is -1.90. The van der Waals surface area contributed by atoms with Gasteiger partial charge in [0.1, 0.15) is 0 Å². The van der Waals surface area contributed by atoms with E-state index in [0.717, 1.165) is 0 Å². The number of halogens is 3. The Bertz CT molecular complexity index is 364. The van der Waals surface area contributed by atoms with Gasteiger partial charge in [0.2, 0.25) is 0 Å². The van der Waals surface area contributed by atoms with Crippen LogP contribution in [-0.2, 0) is 9.53 Å². The molecule has 0 saturated carbocycles. The number of carbonyl (C=O) groups is 1. The molecule has 0 saturated heterocycles. The molecule has 102 valence electrons. The molecule has 0 aromatic carbocycles. The first-order valence-electron chi connectivity index (χ1n) is 5.37. The number of dihydropyridines is 1. The van der Waals surface area contributed by atoms with Crippen LogP contribution in [-0.4, -0.2) is 43.3 Å². The average Bonchev–Trinajstić information content (AvgIpc) is 2.29. The lowest BCUT2D eigenvalue weighted by molar-refractivity contribution is -0.185. The number of nitrogens with zero attached hydrogens (tertiary/aromatic N) is 1. The molecule has 1 heterocycles. The van der Waals surface area contributed by atoms with Gasteiger partial charge in [-0.1, -0.05) is 6.08 Å². The molecule has 1 N–H and O–H groups in total. The van der Waals surface area contributed by atoms with Gasteiger partial charge < -0.3 is 10.1 Å². The number of ether oxygens (including phenoxy) is 1. The first-order valence-corrected chi connectivity index (χ1v) is 5.37. The minimum atomic E-state index is -4.91. The molecule has 1 rings (SSSR count). The lowest BCUT2D eigenvalue weighted by atomic mass is 10.2. The molecule has 18 heavy (non-hydrogen) atoms. The van der Waals surface area contributed by atoms with Gasteiger partial charge in [-0.15, -0.1) is 0 Å². The summed E-state index contributed by atoms with van der Waals surface area (Å²) in [7, 11) is 1.37. The van der Waals surface area contributed by atoms with Crippen molar-refractivity contribution in [3.63, 3.8) is 0 Å². The molecule has 0 aromatic heterocycles. The summed E-state index contributed by atoms with van der Waals surface area (Å²) in [6, 6.07) is -0.708. The minimum absolute atomic E-state index is 0.0208. The SMILES string of the molecule is COCC(C)N(C(=O)C(F)(F)F)C1=CNCC=C1. The predicted molar refractivity (Wildman–Crippen MR) is 59.5 cm³/mol. The quantitative estimate of drug-likeness (QED) is 0.834. The van der Waals surface area contributed by atoms with Crippen molar-refractivity contribution in [1.82, 2.24) is 10.2 Å². The van der Waals surface area contributed by atoms with Gasteiger partial charge in [-0.25, -0.2) is 0 Å². The van der Waals surface area contributed by atoms with E-state index in [1.807, 2.05) is 0 Å². The zero-order valence-corrected chi connectivity index (χ0v) is 10.1. The van der Waals surface area contributed by atoms with Gasteiger partial charge in [-0.3, -0.25) is 9.69 Å². The first-order chi connectivity index (χ1) is 8.38. The van der Waals surface area contributed by atoms with Gasteiger partial charge >= 0.3 is 12.1 Å². The number of hydrogen-bond donors (Lipinski definition) is 1. The van der Waals surface area contributed by atoms with Crippen molar-refractivity contribution < 1.29 is 22.7 Å². The van der Waals surface area contributed by atoms with Crippen LogP contribution in [0.3, 0.4) is 0 Å². The maximum Gasteiger partial charge on any atom is 0.471 e. The van der Waals surface area contributed by atoms with Gasteiger partial charge in [-0.05, 0) is 13.0 Å². The Kier molecular flexibility index (Phi) is 4.77. The van der Waals surface area contributed by atoms with E-state index in [9.17, 15) is 18.0 Å². The predicted octanol–water partition coefficient (Wildman–Crippen LogP) is 1.41. The first kappa shape index (κ1) is 14.6. The van der Waals surface area contributed by atoms with Gasteiger partial charge in [0, 0.05) is 19.9 Å². The van der Waals surface area contributed by atoms with E-state index in [2.05, 4.69) is 5.32 Å². The van der Waals surface area contributed by atoms with Crippen LogP contribution >= 0.6 is 0 Å². The minimum Gasteiger partial charge on any atom is -0.386 e. The van der Waals surface area contributed by atoms with Crippen LogP contribution in [0.1, 0.15) is 6.92 Å². The number of carbonyl (C=O) groups excluding carboxylic acids is 1. The molecule has 1 unspecified atom stereocenters. The third-order valence-corrected chi connectivity index (χ3v) is 2.36. The fourth-order valence-corrected chi connectivity index (χ4v) is 1.63. The fourth-order valence-electron chi connectivity index (χ4n) is 1.63. The largest absolute Gasteiger partial charge is 0.471 e. The zero-order valence-electron chi connectivity index (χ0n) is 10.1. The van der Waals surface area contributed by atoms with Crippen LogP contribution in [0.2, 0.25) is 0 Å².